The number of rotatable bonds is 2. The molecule has 1 aromatic rings. The highest BCUT2D eigenvalue weighted by Gasteiger charge is 2.33. The lowest BCUT2D eigenvalue weighted by molar-refractivity contribution is 0.275. The summed E-state index contributed by atoms with van der Waals surface area (Å²) >= 11 is 0. The van der Waals surface area contributed by atoms with Crippen LogP contribution in [0.2, 0.25) is 0 Å². The van der Waals surface area contributed by atoms with Crippen LogP contribution in [0.15, 0.2) is 12.3 Å². The molecule has 0 amide bonds. The fourth-order valence-corrected chi connectivity index (χ4v) is 2.15. The van der Waals surface area contributed by atoms with Crippen molar-refractivity contribution in [3.8, 4) is 0 Å². The van der Waals surface area contributed by atoms with E-state index in [1.807, 2.05) is 0 Å². The average Bonchev–Trinajstić information content (AvgIpc) is 2.67. The molecule has 3 nitrogen and oxygen atoms in total. The first kappa shape index (κ1) is 9.59. The van der Waals surface area contributed by atoms with Gasteiger partial charge in [0.25, 0.3) is 0 Å². The summed E-state index contributed by atoms with van der Waals surface area (Å²) in [7, 11) is 0. The van der Waals surface area contributed by atoms with Crippen LogP contribution in [0.3, 0.4) is 0 Å². The highest BCUT2D eigenvalue weighted by atomic mass is 16.3. The van der Waals surface area contributed by atoms with Crippen LogP contribution in [0, 0.1) is 0 Å². The molecule has 2 rings (SSSR count). The summed E-state index contributed by atoms with van der Waals surface area (Å²) in [5, 5.41) is 9.00. The largest absolute Gasteiger partial charge is 0.390 e. The SMILES string of the molecule is CC1(c2nccc(CO)n2)CCCC1. The van der Waals surface area contributed by atoms with Gasteiger partial charge in [0, 0.05) is 11.6 Å². The quantitative estimate of drug-likeness (QED) is 0.777. The van der Waals surface area contributed by atoms with Crippen molar-refractivity contribution in [2.75, 3.05) is 0 Å². The van der Waals surface area contributed by atoms with E-state index in [-0.39, 0.29) is 12.0 Å². The van der Waals surface area contributed by atoms with Crippen LogP contribution in [-0.4, -0.2) is 15.1 Å². The van der Waals surface area contributed by atoms with E-state index in [2.05, 4.69) is 16.9 Å². The van der Waals surface area contributed by atoms with Gasteiger partial charge in [-0.15, -0.1) is 0 Å². The fourth-order valence-electron chi connectivity index (χ4n) is 2.15. The Balaban J connectivity index is 2.30. The minimum absolute atomic E-state index is 0.00556. The summed E-state index contributed by atoms with van der Waals surface area (Å²) in [4.78, 5) is 8.70. The zero-order chi connectivity index (χ0) is 10.0. The molecule has 0 radical (unpaired) electrons. The van der Waals surface area contributed by atoms with Gasteiger partial charge >= 0.3 is 0 Å². The first-order valence-electron chi connectivity index (χ1n) is 5.18. The predicted molar refractivity (Wildman–Crippen MR) is 53.8 cm³/mol. The van der Waals surface area contributed by atoms with Crippen LogP contribution in [0.5, 0.6) is 0 Å². The number of nitrogens with zero attached hydrogens (tertiary/aromatic N) is 2. The van der Waals surface area contributed by atoms with Crippen molar-refractivity contribution in [3.05, 3.63) is 23.8 Å². The summed E-state index contributed by atoms with van der Waals surface area (Å²) in [6.45, 7) is 2.22. The monoisotopic (exact) mass is 192 g/mol. The summed E-state index contributed by atoms with van der Waals surface area (Å²) in [5.41, 5.74) is 0.869. The second-order valence-electron chi connectivity index (χ2n) is 4.30. The maximum Gasteiger partial charge on any atom is 0.134 e. The van der Waals surface area contributed by atoms with Crippen LogP contribution in [0.25, 0.3) is 0 Å². The van der Waals surface area contributed by atoms with Gasteiger partial charge in [-0.05, 0) is 18.9 Å². The van der Waals surface area contributed by atoms with Crippen molar-refractivity contribution in [1.82, 2.24) is 9.97 Å². The summed E-state index contributed by atoms with van der Waals surface area (Å²) in [5.74, 6) is 0.904. The summed E-state index contributed by atoms with van der Waals surface area (Å²) in [6, 6.07) is 1.77. The van der Waals surface area contributed by atoms with Crippen molar-refractivity contribution < 1.29 is 5.11 Å². The van der Waals surface area contributed by atoms with Gasteiger partial charge in [-0.3, -0.25) is 0 Å². The number of hydrogen-bond acceptors (Lipinski definition) is 3. The lowest BCUT2D eigenvalue weighted by Gasteiger charge is -2.21. The molecule has 1 heterocycles. The van der Waals surface area contributed by atoms with Crippen molar-refractivity contribution in [3.63, 3.8) is 0 Å². The third-order valence-electron chi connectivity index (χ3n) is 3.12. The second kappa shape index (κ2) is 3.65. The number of hydrogen-bond donors (Lipinski definition) is 1. The van der Waals surface area contributed by atoms with Gasteiger partial charge in [0.1, 0.15) is 5.82 Å². The van der Waals surface area contributed by atoms with Crippen LogP contribution in [-0.2, 0) is 12.0 Å². The smallest absolute Gasteiger partial charge is 0.134 e. The van der Waals surface area contributed by atoms with E-state index in [1.165, 1.54) is 25.7 Å². The van der Waals surface area contributed by atoms with E-state index >= 15 is 0 Å². The Labute approximate surface area is 84.2 Å². The van der Waals surface area contributed by atoms with Crippen LogP contribution in [0.1, 0.15) is 44.1 Å². The fraction of sp³-hybridized carbons (Fsp3) is 0.636. The van der Waals surface area contributed by atoms with Crippen LogP contribution in [0.4, 0.5) is 0 Å². The van der Waals surface area contributed by atoms with Gasteiger partial charge in [0.2, 0.25) is 0 Å². The maximum atomic E-state index is 9.00. The average molecular weight is 192 g/mol. The molecule has 0 bridgehead atoms. The lowest BCUT2D eigenvalue weighted by Crippen LogP contribution is -2.21. The van der Waals surface area contributed by atoms with Gasteiger partial charge in [0.05, 0.1) is 12.3 Å². The maximum absolute atomic E-state index is 9.00. The molecule has 1 saturated carbocycles. The molecule has 76 valence electrons. The van der Waals surface area contributed by atoms with Crippen molar-refractivity contribution >= 4 is 0 Å². The van der Waals surface area contributed by atoms with E-state index in [9.17, 15) is 0 Å². The first-order chi connectivity index (χ1) is 6.74. The molecule has 1 fully saturated rings. The van der Waals surface area contributed by atoms with Gasteiger partial charge < -0.3 is 5.11 Å². The highest BCUT2D eigenvalue weighted by molar-refractivity contribution is 5.11. The summed E-state index contributed by atoms with van der Waals surface area (Å²) in [6.07, 6.45) is 6.62. The zero-order valence-electron chi connectivity index (χ0n) is 8.53. The molecule has 0 atom stereocenters. The van der Waals surface area contributed by atoms with Gasteiger partial charge in [-0.25, -0.2) is 9.97 Å². The number of aromatic nitrogens is 2. The van der Waals surface area contributed by atoms with Crippen molar-refractivity contribution in [2.24, 2.45) is 0 Å². The normalized spacial score (nSPS) is 19.9. The van der Waals surface area contributed by atoms with E-state index in [0.29, 0.717) is 0 Å². The predicted octanol–water partition coefficient (Wildman–Crippen LogP) is 1.80. The first-order valence-corrected chi connectivity index (χ1v) is 5.18. The molecule has 1 aromatic heterocycles. The van der Waals surface area contributed by atoms with Gasteiger partial charge in [0.15, 0.2) is 0 Å². The lowest BCUT2D eigenvalue weighted by atomic mass is 9.88. The minimum Gasteiger partial charge on any atom is -0.390 e. The molecule has 0 aliphatic heterocycles. The Morgan fingerprint density at radius 1 is 1.43 bits per heavy atom. The topological polar surface area (TPSA) is 46.0 Å². The van der Waals surface area contributed by atoms with Crippen LogP contribution < -0.4 is 0 Å². The second-order valence-corrected chi connectivity index (χ2v) is 4.30. The Hall–Kier alpha value is -0.960. The molecule has 14 heavy (non-hydrogen) atoms. The standard InChI is InChI=1S/C11H16N2O/c1-11(5-2-3-6-11)10-12-7-4-9(8-14)13-10/h4,7,14H,2-3,5-6,8H2,1H3. The van der Waals surface area contributed by atoms with E-state index in [1.54, 1.807) is 12.3 Å². The van der Waals surface area contributed by atoms with Crippen molar-refractivity contribution in [2.45, 2.75) is 44.6 Å². The zero-order valence-corrected chi connectivity index (χ0v) is 8.53. The Kier molecular flexibility index (Phi) is 2.50. The van der Waals surface area contributed by atoms with E-state index in [4.69, 9.17) is 5.11 Å². The van der Waals surface area contributed by atoms with E-state index < -0.39 is 0 Å². The molecule has 1 aliphatic rings. The minimum atomic E-state index is 0.00556. The molecule has 3 heteroatoms. The highest BCUT2D eigenvalue weighted by Crippen LogP contribution is 2.38. The molecule has 1 aliphatic carbocycles. The Bertz CT molecular complexity index is 319. The number of aliphatic hydroxyl groups is 1. The van der Waals surface area contributed by atoms with Gasteiger partial charge in [-0.2, -0.15) is 0 Å². The third-order valence-corrected chi connectivity index (χ3v) is 3.12. The molecule has 0 aromatic carbocycles. The molecule has 0 spiro atoms. The Morgan fingerprint density at radius 2 is 2.14 bits per heavy atom. The van der Waals surface area contributed by atoms with E-state index in [0.717, 1.165) is 11.5 Å². The molecule has 0 unspecified atom stereocenters. The molecule has 0 saturated heterocycles. The van der Waals surface area contributed by atoms with Crippen molar-refractivity contribution in [1.29, 1.82) is 0 Å². The molecular formula is C11H16N2O. The van der Waals surface area contributed by atoms with Gasteiger partial charge in [-0.1, -0.05) is 19.8 Å². The third kappa shape index (κ3) is 1.64. The molecule has 1 N–H and O–H groups in total. The Morgan fingerprint density at radius 3 is 2.79 bits per heavy atom. The number of aliphatic hydroxyl groups excluding tert-OH is 1. The molecular weight excluding hydrogens is 176 g/mol. The summed E-state index contributed by atoms with van der Waals surface area (Å²) < 4.78 is 0. The van der Waals surface area contributed by atoms with Crippen LogP contribution >= 0.6 is 0 Å².